The van der Waals surface area contributed by atoms with Gasteiger partial charge in [0.05, 0.1) is 10.2 Å². The van der Waals surface area contributed by atoms with Gasteiger partial charge in [0.15, 0.2) is 6.61 Å². The number of rotatable bonds is 5. The maximum absolute atomic E-state index is 11.6. The third-order valence-electron chi connectivity index (χ3n) is 2.79. The number of para-hydroxylation sites is 2. The fraction of sp³-hybridized carbons (Fsp3) is 0.125. The molecule has 0 aliphatic rings. The summed E-state index contributed by atoms with van der Waals surface area (Å²) in [6.07, 6.45) is 0. The van der Waals surface area contributed by atoms with Gasteiger partial charge in [0.2, 0.25) is 0 Å². The number of carbonyl (C=O) groups excluding carboxylic acids is 1. The van der Waals surface area contributed by atoms with E-state index in [4.69, 9.17) is 9.47 Å². The lowest BCUT2D eigenvalue weighted by Gasteiger charge is -2.05. The van der Waals surface area contributed by atoms with Crippen LogP contribution in [-0.2, 0) is 16.1 Å². The highest BCUT2D eigenvalue weighted by atomic mass is 32.1. The van der Waals surface area contributed by atoms with Crippen molar-refractivity contribution < 1.29 is 14.3 Å². The Balaban J connectivity index is 1.51. The minimum atomic E-state index is -0.405. The highest BCUT2D eigenvalue weighted by Crippen LogP contribution is 2.21. The largest absolute Gasteiger partial charge is 0.482 e. The second kappa shape index (κ2) is 6.37. The Morgan fingerprint density at radius 2 is 1.81 bits per heavy atom. The third-order valence-corrected chi connectivity index (χ3v) is 3.80. The predicted octanol–water partition coefficient (Wildman–Crippen LogP) is 3.42. The van der Waals surface area contributed by atoms with Crippen molar-refractivity contribution in [1.29, 1.82) is 0 Å². The lowest BCUT2D eigenvalue weighted by molar-refractivity contribution is -0.147. The van der Waals surface area contributed by atoms with Crippen LogP contribution < -0.4 is 4.74 Å². The Morgan fingerprint density at radius 3 is 2.62 bits per heavy atom. The first-order valence-electron chi connectivity index (χ1n) is 6.49. The zero-order valence-electron chi connectivity index (χ0n) is 11.2. The lowest BCUT2D eigenvalue weighted by atomic mass is 10.3. The summed E-state index contributed by atoms with van der Waals surface area (Å²) < 4.78 is 11.6. The van der Waals surface area contributed by atoms with Gasteiger partial charge in [-0.2, -0.15) is 0 Å². The van der Waals surface area contributed by atoms with E-state index in [0.717, 1.165) is 15.2 Å². The highest BCUT2D eigenvalue weighted by Gasteiger charge is 2.08. The van der Waals surface area contributed by atoms with Crippen molar-refractivity contribution in [1.82, 2.24) is 4.98 Å². The van der Waals surface area contributed by atoms with Gasteiger partial charge >= 0.3 is 5.97 Å². The third kappa shape index (κ3) is 3.58. The first-order valence-corrected chi connectivity index (χ1v) is 7.31. The van der Waals surface area contributed by atoms with Crippen molar-refractivity contribution in [2.45, 2.75) is 6.61 Å². The van der Waals surface area contributed by atoms with Gasteiger partial charge in [-0.15, -0.1) is 11.3 Å². The van der Waals surface area contributed by atoms with Crippen molar-refractivity contribution in [3.63, 3.8) is 0 Å². The minimum Gasteiger partial charge on any atom is -0.482 e. The Labute approximate surface area is 126 Å². The van der Waals surface area contributed by atoms with Crippen molar-refractivity contribution in [3.8, 4) is 5.75 Å². The average Bonchev–Trinajstić information content (AvgIpc) is 2.95. The molecule has 0 radical (unpaired) electrons. The van der Waals surface area contributed by atoms with Gasteiger partial charge < -0.3 is 9.47 Å². The normalized spacial score (nSPS) is 10.5. The Morgan fingerprint density at radius 1 is 1.05 bits per heavy atom. The summed E-state index contributed by atoms with van der Waals surface area (Å²) in [4.78, 5) is 16.0. The van der Waals surface area contributed by atoms with E-state index in [1.54, 1.807) is 12.1 Å². The molecule has 0 bridgehead atoms. The SMILES string of the molecule is O=C(COc1ccccc1)OCc1nc2ccccc2s1. The molecule has 2 aromatic carbocycles. The van der Waals surface area contributed by atoms with Crippen molar-refractivity contribution in [3.05, 3.63) is 59.6 Å². The summed E-state index contributed by atoms with van der Waals surface area (Å²) in [6, 6.07) is 17.0. The number of benzene rings is 2. The molecule has 1 aromatic heterocycles. The van der Waals surface area contributed by atoms with Crippen LogP contribution in [0.2, 0.25) is 0 Å². The predicted molar refractivity (Wildman–Crippen MR) is 81.4 cm³/mol. The fourth-order valence-electron chi connectivity index (χ4n) is 1.82. The number of thiazole rings is 1. The zero-order valence-corrected chi connectivity index (χ0v) is 12.0. The molecular weight excluding hydrogens is 286 g/mol. The number of aromatic nitrogens is 1. The van der Waals surface area contributed by atoms with E-state index in [-0.39, 0.29) is 13.2 Å². The van der Waals surface area contributed by atoms with Gasteiger partial charge in [-0.3, -0.25) is 0 Å². The van der Waals surface area contributed by atoms with Crippen LogP contribution >= 0.6 is 11.3 Å². The molecule has 1 heterocycles. The summed E-state index contributed by atoms with van der Waals surface area (Å²) >= 11 is 1.52. The molecule has 3 aromatic rings. The number of carbonyl (C=O) groups is 1. The van der Waals surface area contributed by atoms with E-state index in [9.17, 15) is 4.79 Å². The molecule has 21 heavy (non-hydrogen) atoms. The maximum Gasteiger partial charge on any atom is 0.344 e. The highest BCUT2D eigenvalue weighted by molar-refractivity contribution is 7.18. The fourth-order valence-corrected chi connectivity index (χ4v) is 2.71. The van der Waals surface area contributed by atoms with Gasteiger partial charge in [-0.25, -0.2) is 9.78 Å². The number of nitrogens with zero attached hydrogens (tertiary/aromatic N) is 1. The van der Waals surface area contributed by atoms with Crippen LogP contribution in [0.3, 0.4) is 0 Å². The van der Waals surface area contributed by atoms with E-state index < -0.39 is 5.97 Å². The second-order valence-electron chi connectivity index (χ2n) is 4.34. The first-order chi connectivity index (χ1) is 10.3. The summed E-state index contributed by atoms with van der Waals surface area (Å²) in [7, 11) is 0. The maximum atomic E-state index is 11.6. The molecule has 5 heteroatoms. The van der Waals surface area contributed by atoms with E-state index >= 15 is 0 Å². The van der Waals surface area contributed by atoms with E-state index in [1.807, 2.05) is 42.5 Å². The van der Waals surface area contributed by atoms with Crippen LogP contribution in [0.5, 0.6) is 5.75 Å². The molecular formula is C16H13NO3S. The molecule has 4 nitrogen and oxygen atoms in total. The molecule has 0 aliphatic heterocycles. The molecule has 0 spiro atoms. The quantitative estimate of drug-likeness (QED) is 0.677. The summed E-state index contributed by atoms with van der Waals surface area (Å²) in [5.41, 5.74) is 0.925. The van der Waals surface area contributed by atoms with Crippen molar-refractivity contribution in [2.75, 3.05) is 6.61 Å². The van der Waals surface area contributed by atoms with Gasteiger partial charge in [-0.05, 0) is 24.3 Å². The van der Waals surface area contributed by atoms with Crippen LogP contribution in [0.25, 0.3) is 10.2 Å². The van der Waals surface area contributed by atoms with Crippen LogP contribution in [0.1, 0.15) is 5.01 Å². The van der Waals surface area contributed by atoms with Gasteiger partial charge in [0.25, 0.3) is 0 Å². The number of hydrogen-bond acceptors (Lipinski definition) is 5. The molecule has 0 N–H and O–H groups in total. The molecule has 0 unspecified atom stereocenters. The Bertz CT molecular complexity index is 706. The molecule has 3 rings (SSSR count). The number of ether oxygens (including phenoxy) is 2. The van der Waals surface area contributed by atoms with Gasteiger partial charge in [-0.1, -0.05) is 30.3 Å². The molecule has 106 valence electrons. The Kier molecular flexibility index (Phi) is 4.12. The molecule has 0 fully saturated rings. The molecule has 0 amide bonds. The molecule has 0 saturated heterocycles. The van der Waals surface area contributed by atoms with Gasteiger partial charge in [0.1, 0.15) is 17.4 Å². The Hall–Kier alpha value is -2.40. The summed E-state index contributed by atoms with van der Waals surface area (Å²) in [5.74, 6) is 0.243. The number of fused-ring (bicyclic) bond motifs is 1. The van der Waals surface area contributed by atoms with Crippen molar-refractivity contribution in [2.24, 2.45) is 0 Å². The van der Waals surface area contributed by atoms with Crippen LogP contribution in [-0.4, -0.2) is 17.6 Å². The van der Waals surface area contributed by atoms with Gasteiger partial charge in [0, 0.05) is 0 Å². The average molecular weight is 299 g/mol. The number of hydrogen-bond donors (Lipinski definition) is 0. The van der Waals surface area contributed by atoms with E-state index in [2.05, 4.69) is 4.98 Å². The van der Waals surface area contributed by atoms with E-state index in [0.29, 0.717) is 5.75 Å². The minimum absolute atomic E-state index is 0.102. The monoisotopic (exact) mass is 299 g/mol. The topological polar surface area (TPSA) is 48.4 Å². The van der Waals surface area contributed by atoms with Crippen LogP contribution in [0.4, 0.5) is 0 Å². The first kappa shape index (κ1) is 13.6. The van der Waals surface area contributed by atoms with Crippen molar-refractivity contribution >= 4 is 27.5 Å². The lowest BCUT2D eigenvalue weighted by Crippen LogP contribution is -2.14. The second-order valence-corrected chi connectivity index (χ2v) is 5.45. The smallest absolute Gasteiger partial charge is 0.344 e. The number of esters is 1. The zero-order chi connectivity index (χ0) is 14.5. The molecule has 0 aliphatic carbocycles. The molecule has 0 saturated carbocycles. The standard InChI is InChI=1S/C16H13NO3S/c18-16(11-19-12-6-2-1-3-7-12)20-10-15-17-13-8-4-5-9-14(13)21-15/h1-9H,10-11H2. The molecule has 0 atom stereocenters. The van der Waals surface area contributed by atoms with Crippen LogP contribution in [0, 0.1) is 0 Å². The van der Waals surface area contributed by atoms with Crippen LogP contribution in [0.15, 0.2) is 54.6 Å². The van der Waals surface area contributed by atoms with E-state index in [1.165, 1.54) is 11.3 Å². The summed E-state index contributed by atoms with van der Waals surface area (Å²) in [6.45, 7) is 0.0746. The summed E-state index contributed by atoms with van der Waals surface area (Å²) in [5, 5.41) is 0.782.